The lowest BCUT2D eigenvalue weighted by Crippen LogP contribution is -2.44. The Bertz CT molecular complexity index is 762. The molecule has 2 heterocycles. The van der Waals surface area contributed by atoms with E-state index in [2.05, 4.69) is 25.7 Å². The highest BCUT2D eigenvalue weighted by molar-refractivity contribution is 5.96. The third-order valence-corrected chi connectivity index (χ3v) is 4.29. The number of aryl methyl sites for hydroxylation is 1. The van der Waals surface area contributed by atoms with Crippen LogP contribution in [0.2, 0.25) is 0 Å². The second kappa shape index (κ2) is 7.38. The van der Waals surface area contributed by atoms with E-state index in [1.54, 1.807) is 24.3 Å². The number of piperidine rings is 1. The zero-order valence-corrected chi connectivity index (χ0v) is 14.5. The maximum atomic E-state index is 12.5. The van der Waals surface area contributed by atoms with E-state index >= 15 is 0 Å². The molecule has 0 bridgehead atoms. The Morgan fingerprint density at radius 1 is 1.24 bits per heavy atom. The predicted octanol–water partition coefficient (Wildman–Crippen LogP) is 2.08. The van der Waals surface area contributed by atoms with E-state index in [-0.39, 0.29) is 17.9 Å². The van der Waals surface area contributed by atoms with Crippen molar-refractivity contribution in [2.45, 2.75) is 32.7 Å². The van der Waals surface area contributed by atoms with Crippen molar-refractivity contribution in [1.82, 2.24) is 15.5 Å². The molecule has 7 nitrogen and oxygen atoms in total. The van der Waals surface area contributed by atoms with Gasteiger partial charge in [-0.15, -0.1) is 0 Å². The third-order valence-electron chi connectivity index (χ3n) is 4.29. The minimum absolute atomic E-state index is 0.110. The van der Waals surface area contributed by atoms with Crippen LogP contribution in [-0.2, 0) is 4.79 Å². The average Bonchev–Trinajstić information content (AvgIpc) is 3.01. The number of benzene rings is 1. The summed E-state index contributed by atoms with van der Waals surface area (Å²) in [5, 5.41) is 13.0. The highest BCUT2D eigenvalue weighted by atomic mass is 16.2. The molecule has 0 atom stereocenters. The van der Waals surface area contributed by atoms with E-state index < -0.39 is 0 Å². The zero-order chi connectivity index (χ0) is 17.8. The van der Waals surface area contributed by atoms with Gasteiger partial charge in [0.25, 0.3) is 5.91 Å². The number of anilines is 2. The smallest absolute Gasteiger partial charge is 0.251 e. The molecule has 0 aliphatic carbocycles. The fraction of sp³-hybridized carbons (Fsp3) is 0.389. The molecule has 1 aliphatic heterocycles. The number of nitrogens with zero attached hydrogens (tertiary/aromatic N) is 2. The fourth-order valence-electron chi connectivity index (χ4n) is 3.03. The number of carbonyl (C=O) groups is 2. The highest BCUT2D eigenvalue weighted by Crippen LogP contribution is 2.19. The van der Waals surface area contributed by atoms with Crippen LogP contribution < -0.4 is 15.5 Å². The molecule has 1 saturated heterocycles. The number of nitrogens with one attached hydrogen (secondary N) is 3. The molecule has 2 aromatic rings. The van der Waals surface area contributed by atoms with Gasteiger partial charge in [0.05, 0.1) is 0 Å². The molecule has 0 spiro atoms. The predicted molar refractivity (Wildman–Crippen MR) is 96.8 cm³/mol. The number of aromatic nitrogens is 2. The molecule has 1 aromatic carbocycles. The van der Waals surface area contributed by atoms with Crippen LogP contribution >= 0.6 is 0 Å². The van der Waals surface area contributed by atoms with Gasteiger partial charge >= 0.3 is 0 Å². The highest BCUT2D eigenvalue weighted by Gasteiger charge is 2.22. The van der Waals surface area contributed by atoms with Crippen molar-refractivity contribution < 1.29 is 9.59 Å². The van der Waals surface area contributed by atoms with E-state index in [9.17, 15) is 9.59 Å². The lowest BCUT2D eigenvalue weighted by atomic mass is 10.0. The molecule has 3 N–H and O–H groups in total. The molecule has 7 heteroatoms. The van der Waals surface area contributed by atoms with E-state index in [0.29, 0.717) is 11.3 Å². The van der Waals surface area contributed by atoms with E-state index in [1.165, 1.54) is 6.92 Å². The maximum absolute atomic E-state index is 12.5. The average molecular weight is 341 g/mol. The largest absolute Gasteiger partial charge is 0.355 e. The van der Waals surface area contributed by atoms with Crippen molar-refractivity contribution in [3.63, 3.8) is 0 Å². The summed E-state index contributed by atoms with van der Waals surface area (Å²) in [4.78, 5) is 25.8. The Labute approximate surface area is 146 Å². The maximum Gasteiger partial charge on any atom is 0.251 e. The molecular weight excluding hydrogens is 318 g/mol. The van der Waals surface area contributed by atoms with Gasteiger partial charge in [0.15, 0.2) is 5.82 Å². The minimum Gasteiger partial charge on any atom is -0.355 e. The molecule has 2 amide bonds. The van der Waals surface area contributed by atoms with Crippen LogP contribution in [0.15, 0.2) is 30.3 Å². The first-order valence-electron chi connectivity index (χ1n) is 8.47. The van der Waals surface area contributed by atoms with Gasteiger partial charge in [-0.05, 0) is 38.0 Å². The number of hydrogen-bond donors (Lipinski definition) is 3. The molecule has 132 valence electrons. The molecule has 3 rings (SSSR count). The molecule has 1 aromatic heterocycles. The Morgan fingerprint density at radius 2 is 2.00 bits per heavy atom. The fourth-order valence-corrected chi connectivity index (χ4v) is 3.03. The Balaban J connectivity index is 1.55. The Morgan fingerprint density at radius 3 is 2.64 bits per heavy atom. The Hall–Kier alpha value is -2.83. The van der Waals surface area contributed by atoms with Crippen LogP contribution in [0.25, 0.3) is 0 Å². The number of carbonyl (C=O) groups excluding carboxylic acids is 2. The summed E-state index contributed by atoms with van der Waals surface area (Å²) in [6, 6.07) is 9.16. The molecule has 1 aliphatic rings. The van der Waals surface area contributed by atoms with Gasteiger partial charge in [0, 0.05) is 49.1 Å². The normalized spacial score (nSPS) is 15.0. The second-order valence-electron chi connectivity index (χ2n) is 6.41. The van der Waals surface area contributed by atoms with Crippen molar-refractivity contribution >= 4 is 23.3 Å². The summed E-state index contributed by atoms with van der Waals surface area (Å²) in [6.07, 6.45) is 1.76. The topological polar surface area (TPSA) is 90.1 Å². The lowest BCUT2D eigenvalue weighted by Gasteiger charge is -2.32. The number of amides is 2. The van der Waals surface area contributed by atoms with Gasteiger partial charge in [0.1, 0.15) is 0 Å². The molecule has 25 heavy (non-hydrogen) atoms. The van der Waals surface area contributed by atoms with Gasteiger partial charge in [-0.1, -0.05) is 6.07 Å². The number of aromatic amines is 1. The van der Waals surface area contributed by atoms with Crippen LogP contribution in [0, 0.1) is 6.92 Å². The summed E-state index contributed by atoms with van der Waals surface area (Å²) >= 11 is 0. The quantitative estimate of drug-likeness (QED) is 0.794. The number of rotatable bonds is 4. The van der Waals surface area contributed by atoms with Crippen LogP contribution in [-0.4, -0.2) is 41.1 Å². The van der Waals surface area contributed by atoms with Gasteiger partial charge in [-0.25, -0.2) is 0 Å². The molecule has 0 radical (unpaired) electrons. The number of hydrogen-bond acceptors (Lipinski definition) is 4. The van der Waals surface area contributed by atoms with E-state index in [1.807, 2.05) is 13.0 Å². The van der Waals surface area contributed by atoms with Crippen LogP contribution in [0.3, 0.4) is 0 Å². The second-order valence-corrected chi connectivity index (χ2v) is 6.41. The summed E-state index contributed by atoms with van der Waals surface area (Å²) in [7, 11) is 0. The van der Waals surface area contributed by atoms with E-state index in [0.717, 1.165) is 37.4 Å². The Kier molecular flexibility index (Phi) is 5.02. The monoisotopic (exact) mass is 341 g/mol. The van der Waals surface area contributed by atoms with Crippen LogP contribution in [0.5, 0.6) is 0 Å². The van der Waals surface area contributed by atoms with Crippen molar-refractivity contribution in [3.8, 4) is 0 Å². The molecule has 0 unspecified atom stereocenters. The van der Waals surface area contributed by atoms with Crippen LogP contribution in [0.4, 0.5) is 11.5 Å². The van der Waals surface area contributed by atoms with Crippen molar-refractivity contribution in [1.29, 1.82) is 0 Å². The first kappa shape index (κ1) is 17.0. The van der Waals surface area contributed by atoms with Gasteiger partial charge in [-0.3, -0.25) is 14.7 Å². The van der Waals surface area contributed by atoms with Crippen molar-refractivity contribution in [3.05, 3.63) is 41.6 Å². The number of H-pyrrole nitrogens is 1. The zero-order valence-electron chi connectivity index (χ0n) is 14.5. The first-order chi connectivity index (χ1) is 12.0. The first-order valence-corrected chi connectivity index (χ1v) is 8.47. The summed E-state index contributed by atoms with van der Waals surface area (Å²) in [5.74, 6) is 0.699. The standard InChI is InChI=1S/C18H23N5O2/c1-12-10-17(22-21-12)23-8-6-15(7-9-23)20-18(25)14-4-3-5-16(11-14)19-13(2)24/h3-5,10-11,15H,6-9H2,1-2H3,(H,19,24)(H,20,25)(H,21,22). The summed E-state index contributed by atoms with van der Waals surface area (Å²) < 4.78 is 0. The lowest BCUT2D eigenvalue weighted by molar-refractivity contribution is -0.114. The molecular formula is C18H23N5O2. The molecule has 1 fully saturated rings. The molecule has 0 saturated carbocycles. The van der Waals surface area contributed by atoms with Crippen molar-refractivity contribution in [2.24, 2.45) is 0 Å². The third kappa shape index (κ3) is 4.37. The summed E-state index contributed by atoms with van der Waals surface area (Å²) in [5.41, 5.74) is 2.23. The van der Waals surface area contributed by atoms with Crippen molar-refractivity contribution in [2.75, 3.05) is 23.3 Å². The minimum atomic E-state index is -0.154. The van der Waals surface area contributed by atoms with Gasteiger partial charge < -0.3 is 15.5 Å². The summed E-state index contributed by atoms with van der Waals surface area (Å²) in [6.45, 7) is 5.16. The van der Waals surface area contributed by atoms with Crippen LogP contribution in [0.1, 0.15) is 35.8 Å². The van der Waals surface area contributed by atoms with Gasteiger partial charge in [-0.2, -0.15) is 5.10 Å². The SMILES string of the molecule is CC(=O)Nc1cccc(C(=O)NC2CCN(c3cc(C)[nH]n3)CC2)c1. The van der Waals surface area contributed by atoms with E-state index in [4.69, 9.17) is 0 Å². The van der Waals surface area contributed by atoms with Gasteiger partial charge in [0.2, 0.25) is 5.91 Å².